The summed E-state index contributed by atoms with van der Waals surface area (Å²) < 4.78 is 7.46. The highest BCUT2D eigenvalue weighted by Gasteiger charge is 2.24. The zero-order chi connectivity index (χ0) is 24.5. The molecule has 4 aromatic rings. The highest BCUT2D eigenvalue weighted by Crippen LogP contribution is 2.34. The van der Waals surface area contributed by atoms with Crippen molar-refractivity contribution >= 4 is 40.0 Å². The lowest BCUT2D eigenvalue weighted by molar-refractivity contribution is 0.0303. The highest BCUT2D eigenvalue weighted by atomic mass is 35.5. The predicted molar refractivity (Wildman–Crippen MR) is 137 cm³/mol. The molecule has 5 rings (SSSR count). The van der Waals surface area contributed by atoms with Gasteiger partial charge in [-0.15, -0.1) is 0 Å². The second-order valence-corrected chi connectivity index (χ2v) is 9.20. The summed E-state index contributed by atoms with van der Waals surface area (Å²) in [5.41, 5.74) is 4.97. The number of amides is 1. The molecule has 0 N–H and O–H groups in total. The topological polar surface area (TPSA) is 71.2 Å². The fraction of sp³-hybridized carbons (Fsp3) is 0.222. The summed E-state index contributed by atoms with van der Waals surface area (Å²) in [5, 5.41) is 11.3. The Balaban J connectivity index is 1.64. The molecule has 0 spiro atoms. The molecule has 1 amide bonds. The van der Waals surface area contributed by atoms with Gasteiger partial charge in [-0.3, -0.25) is 4.79 Å². The third kappa shape index (κ3) is 4.39. The molecule has 0 unspecified atom stereocenters. The lowest BCUT2D eigenvalue weighted by atomic mass is 10.0. The molecule has 1 aliphatic rings. The number of pyridine rings is 1. The van der Waals surface area contributed by atoms with Gasteiger partial charge in [-0.25, -0.2) is 4.98 Å². The molecule has 0 radical (unpaired) electrons. The first-order valence-corrected chi connectivity index (χ1v) is 12.0. The number of hydrogen-bond acceptors (Lipinski definition) is 4. The summed E-state index contributed by atoms with van der Waals surface area (Å²) in [6, 6.07) is 19.3. The number of rotatable bonds is 4. The largest absolute Gasteiger partial charge is 0.378 e. The Bertz CT molecular complexity index is 1470. The van der Waals surface area contributed by atoms with Gasteiger partial charge in [-0.2, -0.15) is 5.26 Å². The fourth-order valence-corrected chi connectivity index (χ4v) is 5.11. The number of nitriles is 1. The Morgan fingerprint density at radius 2 is 1.86 bits per heavy atom. The van der Waals surface area contributed by atoms with Gasteiger partial charge in [0.1, 0.15) is 11.8 Å². The van der Waals surface area contributed by atoms with Crippen LogP contribution in [0.3, 0.4) is 0 Å². The zero-order valence-electron chi connectivity index (χ0n) is 19.1. The van der Waals surface area contributed by atoms with Crippen LogP contribution in [0, 0.1) is 18.3 Å². The van der Waals surface area contributed by atoms with Gasteiger partial charge in [0.2, 0.25) is 0 Å². The van der Waals surface area contributed by atoms with Gasteiger partial charge in [0, 0.05) is 47.0 Å². The van der Waals surface area contributed by atoms with E-state index in [2.05, 4.69) is 21.7 Å². The summed E-state index contributed by atoms with van der Waals surface area (Å²) in [7, 11) is 0. The first-order chi connectivity index (χ1) is 17.0. The molecule has 0 aliphatic carbocycles. The smallest absolute Gasteiger partial charge is 0.255 e. The summed E-state index contributed by atoms with van der Waals surface area (Å²) in [4.78, 5) is 19.3. The third-order valence-electron chi connectivity index (χ3n) is 6.27. The van der Waals surface area contributed by atoms with E-state index in [4.69, 9.17) is 27.9 Å². The minimum Gasteiger partial charge on any atom is -0.378 e. The molecule has 0 atom stereocenters. The molecule has 2 aromatic heterocycles. The number of carbonyl (C=O) groups excluding carboxylic acids is 1. The van der Waals surface area contributed by atoms with Gasteiger partial charge in [-0.1, -0.05) is 41.4 Å². The van der Waals surface area contributed by atoms with E-state index >= 15 is 0 Å². The lowest BCUT2D eigenvalue weighted by Crippen LogP contribution is -2.40. The molecule has 0 saturated carbocycles. The van der Waals surface area contributed by atoms with Gasteiger partial charge in [0.15, 0.2) is 0 Å². The molecule has 2 aromatic carbocycles. The summed E-state index contributed by atoms with van der Waals surface area (Å²) in [6.07, 6.45) is 0.396. The Hall–Kier alpha value is -3.37. The maximum absolute atomic E-state index is 13.2. The number of aryl methyl sites for hydroxylation is 1. The van der Waals surface area contributed by atoms with E-state index in [1.807, 2.05) is 37.3 Å². The molecule has 1 aliphatic heterocycles. The van der Waals surface area contributed by atoms with Crippen molar-refractivity contribution in [1.82, 2.24) is 14.5 Å². The zero-order valence-corrected chi connectivity index (χ0v) is 20.6. The molecule has 3 heterocycles. The van der Waals surface area contributed by atoms with Crippen molar-refractivity contribution in [3.8, 4) is 11.8 Å². The number of hydrogen-bond donors (Lipinski definition) is 0. The molecule has 1 saturated heterocycles. The van der Waals surface area contributed by atoms with Crippen LogP contribution >= 0.6 is 23.2 Å². The quantitative estimate of drug-likeness (QED) is 0.363. The van der Waals surface area contributed by atoms with E-state index in [-0.39, 0.29) is 5.91 Å². The average Bonchev–Trinajstić information content (AvgIpc) is 3.25. The van der Waals surface area contributed by atoms with Crippen molar-refractivity contribution in [2.75, 3.05) is 26.3 Å². The van der Waals surface area contributed by atoms with Crippen molar-refractivity contribution in [3.05, 3.63) is 92.9 Å². The van der Waals surface area contributed by atoms with Crippen LogP contribution in [0.15, 0.2) is 54.6 Å². The number of fused-ring (bicyclic) bond motifs is 1. The second-order valence-electron chi connectivity index (χ2n) is 8.41. The fourth-order valence-electron chi connectivity index (χ4n) is 4.53. The number of para-hydroxylation sites is 1. The first-order valence-electron chi connectivity index (χ1n) is 11.3. The Morgan fingerprint density at radius 3 is 2.57 bits per heavy atom. The molecule has 0 bridgehead atoms. The lowest BCUT2D eigenvalue weighted by Gasteiger charge is -2.27. The Morgan fingerprint density at radius 1 is 1.11 bits per heavy atom. The molecule has 176 valence electrons. The molecule has 1 fully saturated rings. The highest BCUT2D eigenvalue weighted by molar-refractivity contribution is 6.38. The van der Waals surface area contributed by atoms with E-state index in [1.165, 1.54) is 0 Å². The van der Waals surface area contributed by atoms with Crippen molar-refractivity contribution in [3.63, 3.8) is 0 Å². The number of aromatic nitrogens is 2. The van der Waals surface area contributed by atoms with Crippen LogP contribution in [-0.4, -0.2) is 46.7 Å². The van der Waals surface area contributed by atoms with E-state index in [0.29, 0.717) is 59.6 Å². The maximum atomic E-state index is 13.2. The van der Waals surface area contributed by atoms with Gasteiger partial charge in [-0.05, 0) is 48.9 Å². The molecule has 35 heavy (non-hydrogen) atoms. The van der Waals surface area contributed by atoms with E-state index in [1.54, 1.807) is 23.1 Å². The van der Waals surface area contributed by atoms with Crippen LogP contribution in [0.1, 0.15) is 33.0 Å². The standard InChI is InChI=1S/C27H22Cl2N4O2/c1-17-22-14-20(33(19-5-3-2-4-6-19)25(22)13-18(16-30)31-17)15-23-24(28)8-7-21(26(23)29)27(34)32-9-11-35-12-10-32/h2-8,13-14H,9-12,15H2,1H3. The van der Waals surface area contributed by atoms with Gasteiger partial charge in [0.25, 0.3) is 5.91 Å². The van der Waals surface area contributed by atoms with Crippen LogP contribution in [0.2, 0.25) is 10.0 Å². The minimum absolute atomic E-state index is 0.126. The van der Waals surface area contributed by atoms with Crippen LogP contribution in [0.25, 0.3) is 16.6 Å². The molecular weight excluding hydrogens is 483 g/mol. The van der Waals surface area contributed by atoms with Crippen LogP contribution in [0.4, 0.5) is 0 Å². The minimum atomic E-state index is -0.126. The van der Waals surface area contributed by atoms with Crippen LogP contribution in [-0.2, 0) is 11.2 Å². The number of halogens is 2. The summed E-state index contributed by atoms with van der Waals surface area (Å²) in [6.45, 7) is 3.98. The van der Waals surface area contributed by atoms with Gasteiger partial charge < -0.3 is 14.2 Å². The number of morpholine rings is 1. The van der Waals surface area contributed by atoms with Gasteiger partial charge >= 0.3 is 0 Å². The average molecular weight is 505 g/mol. The van der Waals surface area contributed by atoms with Crippen molar-refractivity contribution in [2.24, 2.45) is 0 Å². The van der Waals surface area contributed by atoms with Crippen molar-refractivity contribution in [1.29, 1.82) is 5.26 Å². The summed E-state index contributed by atoms with van der Waals surface area (Å²) >= 11 is 13.5. The van der Waals surface area contributed by atoms with Crippen molar-refractivity contribution < 1.29 is 9.53 Å². The van der Waals surface area contributed by atoms with E-state index in [9.17, 15) is 10.1 Å². The monoisotopic (exact) mass is 504 g/mol. The van der Waals surface area contributed by atoms with Crippen LogP contribution in [0.5, 0.6) is 0 Å². The predicted octanol–water partition coefficient (Wildman–Crippen LogP) is 5.58. The second kappa shape index (κ2) is 9.71. The number of carbonyl (C=O) groups is 1. The third-order valence-corrected chi connectivity index (χ3v) is 7.05. The maximum Gasteiger partial charge on any atom is 0.255 e. The SMILES string of the molecule is Cc1nc(C#N)cc2c1cc(Cc1c(Cl)ccc(C(=O)N3CCOCC3)c1Cl)n2-c1ccccc1. The van der Waals surface area contributed by atoms with Crippen LogP contribution < -0.4 is 0 Å². The normalized spacial score (nSPS) is 13.7. The van der Waals surface area contributed by atoms with E-state index in [0.717, 1.165) is 28.0 Å². The number of ether oxygens (including phenoxy) is 1. The Labute approximate surface area is 213 Å². The van der Waals surface area contributed by atoms with E-state index < -0.39 is 0 Å². The molecule has 6 nitrogen and oxygen atoms in total. The first kappa shape index (κ1) is 23.4. The number of benzene rings is 2. The summed E-state index contributed by atoms with van der Waals surface area (Å²) in [5.74, 6) is -0.126. The Kier molecular flexibility index (Phi) is 6.48. The molecule has 8 heteroatoms. The molecular formula is C27H22Cl2N4O2. The number of nitrogens with zero attached hydrogens (tertiary/aromatic N) is 4. The van der Waals surface area contributed by atoms with Crippen molar-refractivity contribution in [2.45, 2.75) is 13.3 Å². The van der Waals surface area contributed by atoms with Gasteiger partial charge in [0.05, 0.1) is 29.3 Å².